The van der Waals surface area contributed by atoms with E-state index in [1.54, 1.807) is 6.07 Å². The Balaban J connectivity index is 1.93. The fraction of sp³-hybridized carbons (Fsp3) is 0.182. The molecule has 1 saturated heterocycles. The van der Waals surface area contributed by atoms with Gasteiger partial charge in [-0.15, -0.1) is 0 Å². The molecule has 0 saturated carbocycles. The van der Waals surface area contributed by atoms with Crippen LogP contribution in [0.3, 0.4) is 0 Å². The Morgan fingerprint density at radius 1 is 0.759 bits per heavy atom. The van der Waals surface area contributed by atoms with Crippen molar-refractivity contribution in [3.05, 3.63) is 83.9 Å². The van der Waals surface area contributed by atoms with Gasteiger partial charge < -0.3 is 9.34 Å². The minimum absolute atomic E-state index is 0.0230. The SMILES string of the molecule is Cc1ccccc1N1CCN(c2ccccc2C)P1c1ccccc1S(=O)(=O)O. The second kappa shape index (κ2) is 7.79. The zero-order valence-electron chi connectivity index (χ0n) is 16.4. The molecule has 0 radical (unpaired) electrons. The number of rotatable bonds is 4. The topological polar surface area (TPSA) is 60.9 Å². The Morgan fingerprint density at radius 3 is 1.69 bits per heavy atom. The zero-order chi connectivity index (χ0) is 20.6. The van der Waals surface area contributed by atoms with Crippen molar-refractivity contribution in [1.82, 2.24) is 0 Å². The summed E-state index contributed by atoms with van der Waals surface area (Å²) in [7, 11) is -5.55. The third-order valence-electron chi connectivity index (χ3n) is 5.13. The lowest BCUT2D eigenvalue weighted by molar-refractivity contribution is 0.484. The highest BCUT2D eigenvalue weighted by Crippen LogP contribution is 2.54. The quantitative estimate of drug-likeness (QED) is 0.491. The molecule has 0 aliphatic carbocycles. The molecule has 0 unspecified atom stereocenters. The molecule has 0 amide bonds. The van der Waals surface area contributed by atoms with Gasteiger partial charge in [0.25, 0.3) is 10.1 Å². The minimum Gasteiger partial charge on any atom is -0.328 e. The van der Waals surface area contributed by atoms with Crippen LogP contribution in [0.2, 0.25) is 0 Å². The van der Waals surface area contributed by atoms with Crippen molar-refractivity contribution in [2.45, 2.75) is 18.7 Å². The maximum Gasteiger partial charge on any atom is 0.295 e. The van der Waals surface area contributed by atoms with Crippen LogP contribution in [0.1, 0.15) is 11.1 Å². The van der Waals surface area contributed by atoms with E-state index < -0.39 is 18.3 Å². The Hall–Kier alpha value is -2.40. The first-order valence-corrected chi connectivity index (χ1v) is 12.1. The number of aryl methyl sites for hydroxylation is 2. The lowest BCUT2D eigenvalue weighted by atomic mass is 10.2. The predicted octanol–water partition coefficient (Wildman–Crippen LogP) is 4.51. The molecule has 0 bridgehead atoms. The first-order valence-electron chi connectivity index (χ1n) is 9.41. The number of hydrogen-bond donors (Lipinski definition) is 1. The third-order valence-corrected chi connectivity index (χ3v) is 8.76. The Labute approximate surface area is 173 Å². The molecule has 150 valence electrons. The maximum absolute atomic E-state index is 12.2. The van der Waals surface area contributed by atoms with Gasteiger partial charge in [0, 0.05) is 29.8 Å². The van der Waals surface area contributed by atoms with Crippen LogP contribution in [0.15, 0.2) is 77.7 Å². The maximum atomic E-state index is 12.2. The van der Waals surface area contributed by atoms with Crippen molar-refractivity contribution in [3.8, 4) is 0 Å². The molecule has 1 N–H and O–H groups in total. The number of hydrogen-bond acceptors (Lipinski definition) is 4. The van der Waals surface area contributed by atoms with E-state index in [0.29, 0.717) is 5.30 Å². The van der Waals surface area contributed by atoms with E-state index in [4.69, 9.17) is 0 Å². The van der Waals surface area contributed by atoms with E-state index in [2.05, 4.69) is 47.5 Å². The van der Waals surface area contributed by atoms with Gasteiger partial charge in [-0.25, -0.2) is 0 Å². The second-order valence-corrected chi connectivity index (χ2v) is 10.5. The van der Waals surface area contributed by atoms with Gasteiger partial charge in [0.2, 0.25) is 0 Å². The van der Waals surface area contributed by atoms with Crippen LogP contribution in [-0.4, -0.2) is 26.1 Å². The number of benzene rings is 3. The summed E-state index contributed by atoms with van der Waals surface area (Å²) < 4.78 is 38.8. The van der Waals surface area contributed by atoms with Gasteiger partial charge in [-0.1, -0.05) is 48.5 Å². The summed E-state index contributed by atoms with van der Waals surface area (Å²) in [5.74, 6) is 0. The molecule has 5 nitrogen and oxygen atoms in total. The van der Waals surface area contributed by atoms with Crippen LogP contribution >= 0.6 is 8.22 Å². The number of para-hydroxylation sites is 2. The first-order chi connectivity index (χ1) is 13.9. The van der Waals surface area contributed by atoms with Crippen molar-refractivity contribution in [3.63, 3.8) is 0 Å². The Kier molecular flexibility index (Phi) is 5.34. The monoisotopic (exact) mass is 426 g/mol. The molecule has 1 aliphatic rings. The molecule has 0 atom stereocenters. The molecule has 3 aromatic carbocycles. The smallest absolute Gasteiger partial charge is 0.295 e. The Bertz CT molecular complexity index is 1100. The van der Waals surface area contributed by atoms with E-state index >= 15 is 0 Å². The fourth-order valence-corrected chi connectivity index (χ4v) is 7.62. The summed E-state index contributed by atoms with van der Waals surface area (Å²) in [6, 6.07) is 23.1. The Morgan fingerprint density at radius 2 is 1.21 bits per heavy atom. The third kappa shape index (κ3) is 3.76. The van der Waals surface area contributed by atoms with Gasteiger partial charge in [0.15, 0.2) is 0 Å². The molecule has 0 aromatic heterocycles. The van der Waals surface area contributed by atoms with Crippen molar-refractivity contribution >= 4 is 35.0 Å². The number of anilines is 2. The van der Waals surface area contributed by atoms with Gasteiger partial charge >= 0.3 is 0 Å². The van der Waals surface area contributed by atoms with E-state index in [0.717, 1.165) is 35.6 Å². The molecular formula is C22H23N2O3PS. The van der Waals surface area contributed by atoms with E-state index in [1.807, 2.05) is 36.4 Å². The molecule has 0 spiro atoms. The van der Waals surface area contributed by atoms with E-state index in [1.165, 1.54) is 6.07 Å². The standard InChI is InChI=1S/C22H23N2O3PS/c1-17-9-3-5-11-19(17)23-15-16-24(20-12-6-4-10-18(20)2)28(23)21-13-7-8-14-22(21)29(25,26)27/h3-14H,15-16H2,1-2H3,(H,25,26,27). The fourth-order valence-electron chi connectivity index (χ4n) is 3.76. The van der Waals surface area contributed by atoms with Gasteiger partial charge in [-0.2, -0.15) is 8.42 Å². The van der Waals surface area contributed by atoms with Crippen LogP contribution in [0, 0.1) is 13.8 Å². The van der Waals surface area contributed by atoms with Crippen LogP contribution in [0.5, 0.6) is 0 Å². The molecule has 1 aliphatic heterocycles. The average Bonchev–Trinajstić information content (AvgIpc) is 3.12. The summed E-state index contributed by atoms with van der Waals surface area (Å²) in [6.45, 7) is 5.66. The van der Waals surface area contributed by atoms with Gasteiger partial charge in [0.05, 0.1) is 0 Å². The molecule has 29 heavy (non-hydrogen) atoms. The minimum atomic E-state index is -4.34. The number of nitrogens with zero attached hydrogens (tertiary/aromatic N) is 2. The van der Waals surface area contributed by atoms with Crippen LogP contribution in [0.25, 0.3) is 0 Å². The van der Waals surface area contributed by atoms with Crippen molar-refractivity contribution in [2.24, 2.45) is 0 Å². The van der Waals surface area contributed by atoms with Gasteiger partial charge in [-0.05, 0) is 49.2 Å². The summed E-state index contributed by atoms with van der Waals surface area (Å²) in [5, 5.41) is 0.633. The lowest BCUT2D eigenvalue weighted by Gasteiger charge is -2.34. The molecule has 1 fully saturated rings. The summed E-state index contributed by atoms with van der Waals surface area (Å²) in [4.78, 5) is -0.0230. The molecule has 4 rings (SSSR count). The normalized spacial score (nSPS) is 15.1. The zero-order valence-corrected chi connectivity index (χ0v) is 18.1. The average molecular weight is 426 g/mol. The van der Waals surface area contributed by atoms with E-state index in [9.17, 15) is 13.0 Å². The van der Waals surface area contributed by atoms with Crippen LogP contribution < -0.4 is 14.6 Å². The molecule has 1 heterocycles. The van der Waals surface area contributed by atoms with Crippen molar-refractivity contribution in [2.75, 3.05) is 22.4 Å². The molecule has 7 heteroatoms. The highest BCUT2D eigenvalue weighted by molar-refractivity contribution is 7.87. The first kappa shape index (κ1) is 19.9. The highest BCUT2D eigenvalue weighted by Gasteiger charge is 2.38. The van der Waals surface area contributed by atoms with E-state index in [-0.39, 0.29) is 4.90 Å². The van der Waals surface area contributed by atoms with Crippen LogP contribution in [0.4, 0.5) is 11.4 Å². The summed E-state index contributed by atoms with van der Waals surface area (Å²) >= 11 is 0. The van der Waals surface area contributed by atoms with Gasteiger partial charge in [0.1, 0.15) is 13.1 Å². The second-order valence-electron chi connectivity index (χ2n) is 7.05. The predicted molar refractivity (Wildman–Crippen MR) is 120 cm³/mol. The molecular weight excluding hydrogens is 403 g/mol. The van der Waals surface area contributed by atoms with Gasteiger partial charge in [-0.3, -0.25) is 4.55 Å². The molecule has 3 aromatic rings. The largest absolute Gasteiger partial charge is 0.328 e. The summed E-state index contributed by atoms with van der Waals surface area (Å²) in [6.07, 6.45) is 0. The van der Waals surface area contributed by atoms with Crippen molar-refractivity contribution in [1.29, 1.82) is 0 Å². The summed E-state index contributed by atoms with van der Waals surface area (Å²) in [5.41, 5.74) is 4.44. The van der Waals surface area contributed by atoms with Crippen LogP contribution in [-0.2, 0) is 10.1 Å². The van der Waals surface area contributed by atoms with Crippen molar-refractivity contribution < 1.29 is 13.0 Å². The highest BCUT2D eigenvalue weighted by atomic mass is 32.2. The lowest BCUT2D eigenvalue weighted by Crippen LogP contribution is -2.27.